The van der Waals surface area contributed by atoms with E-state index in [2.05, 4.69) is 0 Å². The number of aliphatic hydroxyl groups is 1. The highest BCUT2D eigenvalue weighted by atomic mass is 16.7. The van der Waals surface area contributed by atoms with Gasteiger partial charge in [0.25, 0.3) is 11.7 Å². The number of furan rings is 1. The Bertz CT molecular complexity index is 1290. The van der Waals surface area contributed by atoms with E-state index >= 15 is 0 Å². The molecule has 0 saturated carbocycles. The van der Waals surface area contributed by atoms with E-state index in [0.717, 1.165) is 0 Å². The zero-order chi connectivity index (χ0) is 23.1. The number of ketones is 1. The Morgan fingerprint density at radius 2 is 1.76 bits per heavy atom. The lowest BCUT2D eigenvalue weighted by molar-refractivity contribution is -0.136. The number of carbonyl (C=O) groups excluding carboxylic acids is 2. The number of hydrogen-bond donors (Lipinski definition) is 2. The summed E-state index contributed by atoms with van der Waals surface area (Å²) in [6.45, 7) is 0.0498. The van der Waals surface area contributed by atoms with Gasteiger partial charge in [0, 0.05) is 11.3 Å². The van der Waals surface area contributed by atoms with E-state index in [0.29, 0.717) is 22.7 Å². The van der Waals surface area contributed by atoms with Crippen LogP contribution >= 0.6 is 0 Å². The number of carbonyl (C=O) groups is 3. The van der Waals surface area contributed by atoms with Crippen LogP contribution in [0.4, 0.5) is 5.69 Å². The maximum absolute atomic E-state index is 13.1. The molecule has 33 heavy (non-hydrogen) atoms. The molecule has 2 aliphatic rings. The van der Waals surface area contributed by atoms with Crippen LogP contribution in [0.3, 0.4) is 0 Å². The molecule has 5 rings (SSSR count). The van der Waals surface area contributed by atoms with Crippen LogP contribution in [0.25, 0.3) is 5.76 Å². The zero-order valence-electron chi connectivity index (χ0n) is 17.1. The number of benzene rings is 2. The van der Waals surface area contributed by atoms with Gasteiger partial charge in [0.05, 0.1) is 18.3 Å². The number of rotatable bonds is 5. The van der Waals surface area contributed by atoms with Gasteiger partial charge < -0.3 is 24.1 Å². The quantitative estimate of drug-likeness (QED) is 0.347. The predicted molar refractivity (Wildman–Crippen MR) is 114 cm³/mol. The molecule has 0 bridgehead atoms. The zero-order valence-corrected chi connectivity index (χ0v) is 17.1. The third-order valence-electron chi connectivity index (χ3n) is 5.47. The monoisotopic (exact) mass is 447 g/mol. The number of carboxylic acids is 1. The molecule has 1 saturated heterocycles. The first-order chi connectivity index (χ1) is 15.9. The fourth-order valence-electron chi connectivity index (χ4n) is 3.96. The molecule has 0 spiro atoms. The number of nitrogens with zero attached hydrogens (tertiary/aromatic N) is 1. The first-order valence-corrected chi connectivity index (χ1v) is 9.99. The molecule has 1 fully saturated rings. The molecule has 2 aliphatic heterocycles. The highest BCUT2D eigenvalue weighted by Gasteiger charge is 2.48. The van der Waals surface area contributed by atoms with Gasteiger partial charge in [-0.05, 0) is 48.0 Å². The van der Waals surface area contributed by atoms with Crippen LogP contribution in [-0.2, 0) is 20.8 Å². The predicted octanol–water partition coefficient (Wildman–Crippen LogP) is 3.26. The van der Waals surface area contributed by atoms with Crippen molar-refractivity contribution in [1.29, 1.82) is 0 Å². The summed E-state index contributed by atoms with van der Waals surface area (Å²) in [5.41, 5.74) is 1.05. The van der Waals surface area contributed by atoms with E-state index in [1.807, 2.05) is 0 Å². The standard InChI is InChI=1S/C24H17NO8/c26-19(27)10-13-3-6-15(7-4-13)25-21(17-2-1-9-31-17)20(23(29)24(25)30)22(28)14-5-8-16-18(11-14)33-12-32-16/h1-9,11,21,28H,10,12H2,(H,26,27)/b22-20-. The number of hydrogen-bond acceptors (Lipinski definition) is 7. The summed E-state index contributed by atoms with van der Waals surface area (Å²) in [4.78, 5) is 38.3. The van der Waals surface area contributed by atoms with E-state index < -0.39 is 23.7 Å². The van der Waals surface area contributed by atoms with Gasteiger partial charge in [-0.1, -0.05) is 12.1 Å². The average molecular weight is 447 g/mol. The van der Waals surface area contributed by atoms with Crippen LogP contribution < -0.4 is 14.4 Å². The van der Waals surface area contributed by atoms with Crippen LogP contribution in [0, 0.1) is 0 Å². The van der Waals surface area contributed by atoms with E-state index in [4.69, 9.17) is 19.0 Å². The van der Waals surface area contributed by atoms with Gasteiger partial charge in [-0.25, -0.2) is 0 Å². The SMILES string of the molecule is O=C(O)Cc1ccc(N2C(=O)C(=O)/C(=C(\O)c3ccc4c(c3)OCO4)C2c2ccco2)cc1. The largest absolute Gasteiger partial charge is 0.507 e. The molecule has 0 aliphatic carbocycles. The van der Waals surface area contributed by atoms with Gasteiger partial charge in [-0.3, -0.25) is 19.3 Å². The molecule has 166 valence electrons. The van der Waals surface area contributed by atoms with Gasteiger partial charge in [-0.2, -0.15) is 0 Å². The van der Waals surface area contributed by atoms with Crippen molar-refractivity contribution in [2.24, 2.45) is 0 Å². The fraction of sp³-hybridized carbons (Fsp3) is 0.125. The molecule has 1 unspecified atom stereocenters. The second-order valence-electron chi connectivity index (χ2n) is 7.49. The Labute approximate surface area is 187 Å². The first-order valence-electron chi connectivity index (χ1n) is 9.99. The minimum atomic E-state index is -1.02. The van der Waals surface area contributed by atoms with Crippen molar-refractivity contribution < 1.29 is 38.5 Å². The van der Waals surface area contributed by atoms with Crippen LogP contribution in [0.15, 0.2) is 70.9 Å². The Kier molecular flexibility index (Phi) is 4.86. The summed E-state index contributed by atoms with van der Waals surface area (Å²) >= 11 is 0. The normalized spacial score (nSPS) is 18.7. The summed E-state index contributed by atoms with van der Waals surface area (Å²) in [5.74, 6) is -1.87. The molecule has 1 atom stereocenters. The molecule has 2 N–H and O–H groups in total. The maximum Gasteiger partial charge on any atom is 0.307 e. The van der Waals surface area contributed by atoms with Crippen LogP contribution in [0.5, 0.6) is 11.5 Å². The number of amides is 1. The summed E-state index contributed by atoms with van der Waals surface area (Å²) in [5, 5.41) is 20.1. The van der Waals surface area contributed by atoms with Gasteiger partial charge in [0.2, 0.25) is 6.79 Å². The minimum absolute atomic E-state index is 0.0498. The summed E-state index contributed by atoms with van der Waals surface area (Å²) in [6.07, 6.45) is 1.23. The van der Waals surface area contributed by atoms with Crippen LogP contribution in [-0.4, -0.2) is 34.7 Å². The highest BCUT2D eigenvalue weighted by molar-refractivity contribution is 6.51. The van der Waals surface area contributed by atoms with Gasteiger partial charge in [0.15, 0.2) is 11.5 Å². The van der Waals surface area contributed by atoms with Gasteiger partial charge in [0.1, 0.15) is 17.6 Å². The maximum atomic E-state index is 13.1. The molecule has 9 heteroatoms. The molecule has 3 heterocycles. The number of aliphatic carboxylic acids is 1. The number of anilines is 1. The van der Waals surface area contributed by atoms with Crippen LogP contribution in [0.2, 0.25) is 0 Å². The molecule has 0 radical (unpaired) electrons. The molecule has 2 aromatic carbocycles. The molecular formula is C24H17NO8. The van der Waals surface area contributed by atoms with E-state index in [1.54, 1.807) is 48.5 Å². The summed E-state index contributed by atoms with van der Waals surface area (Å²) < 4.78 is 16.2. The van der Waals surface area contributed by atoms with Crippen LogP contribution in [0.1, 0.15) is 22.9 Å². The lowest BCUT2D eigenvalue weighted by Crippen LogP contribution is -2.29. The average Bonchev–Trinajstić information content (AvgIpc) is 3.54. The second kappa shape index (κ2) is 7.86. The summed E-state index contributed by atoms with van der Waals surface area (Å²) in [6, 6.07) is 13.2. The highest BCUT2D eigenvalue weighted by Crippen LogP contribution is 2.43. The number of Topliss-reactive ketones (excluding diaryl/α,β-unsaturated/α-hetero) is 1. The first kappa shape index (κ1) is 20.4. The topological polar surface area (TPSA) is 127 Å². The van der Waals surface area contributed by atoms with E-state index in [1.165, 1.54) is 17.2 Å². The Balaban J connectivity index is 1.61. The minimum Gasteiger partial charge on any atom is -0.507 e. The van der Waals surface area contributed by atoms with E-state index in [-0.39, 0.29) is 35.9 Å². The van der Waals surface area contributed by atoms with Gasteiger partial charge >= 0.3 is 5.97 Å². The number of aliphatic hydroxyl groups excluding tert-OH is 1. The number of fused-ring (bicyclic) bond motifs is 1. The number of ether oxygens (including phenoxy) is 2. The molecular weight excluding hydrogens is 430 g/mol. The van der Waals surface area contributed by atoms with E-state index in [9.17, 15) is 19.5 Å². The Morgan fingerprint density at radius 3 is 2.45 bits per heavy atom. The third kappa shape index (κ3) is 3.49. The van der Waals surface area contributed by atoms with Crippen molar-refractivity contribution in [2.45, 2.75) is 12.5 Å². The van der Waals surface area contributed by atoms with Crippen molar-refractivity contribution in [3.05, 3.63) is 83.3 Å². The summed E-state index contributed by atoms with van der Waals surface area (Å²) in [7, 11) is 0. The Hall–Kier alpha value is -4.53. The van der Waals surface area contributed by atoms with Crippen molar-refractivity contribution in [3.8, 4) is 11.5 Å². The molecule has 3 aromatic rings. The smallest absolute Gasteiger partial charge is 0.307 e. The lowest BCUT2D eigenvalue weighted by Gasteiger charge is -2.23. The van der Waals surface area contributed by atoms with Crippen molar-refractivity contribution in [1.82, 2.24) is 0 Å². The van der Waals surface area contributed by atoms with Gasteiger partial charge in [-0.15, -0.1) is 0 Å². The second-order valence-corrected chi connectivity index (χ2v) is 7.49. The lowest BCUT2D eigenvalue weighted by atomic mass is 9.99. The molecule has 9 nitrogen and oxygen atoms in total. The molecule has 1 amide bonds. The third-order valence-corrected chi connectivity index (χ3v) is 5.47. The van der Waals surface area contributed by atoms with Crippen molar-refractivity contribution in [2.75, 3.05) is 11.7 Å². The van der Waals surface area contributed by atoms with Crippen molar-refractivity contribution >= 4 is 29.1 Å². The molecule has 1 aromatic heterocycles. The number of carboxylic acid groups (broad SMARTS) is 1. The van der Waals surface area contributed by atoms with Crippen molar-refractivity contribution in [3.63, 3.8) is 0 Å². The fourth-order valence-corrected chi connectivity index (χ4v) is 3.96. The Morgan fingerprint density at radius 1 is 1.00 bits per heavy atom.